The number of benzene rings is 3. The zero-order valence-corrected chi connectivity index (χ0v) is 21.1. The zero-order chi connectivity index (χ0) is 24.3. The van der Waals surface area contributed by atoms with E-state index in [-0.39, 0.29) is 17.5 Å². The molecule has 7 heteroatoms. The summed E-state index contributed by atoms with van der Waals surface area (Å²) in [5, 5.41) is 3.39. The number of anilines is 1. The summed E-state index contributed by atoms with van der Waals surface area (Å²) in [5.74, 6) is -0.404. The van der Waals surface area contributed by atoms with Crippen molar-refractivity contribution in [2.75, 3.05) is 10.8 Å². The summed E-state index contributed by atoms with van der Waals surface area (Å²) in [6.07, 6.45) is 0. The van der Waals surface area contributed by atoms with Crippen LogP contribution in [0.5, 0.6) is 0 Å². The van der Waals surface area contributed by atoms with Gasteiger partial charge in [0.15, 0.2) is 0 Å². The van der Waals surface area contributed by atoms with E-state index in [0.29, 0.717) is 16.3 Å². The van der Waals surface area contributed by atoms with Crippen LogP contribution < -0.4 is 9.62 Å². The number of hydrogen-bond donors (Lipinski definition) is 1. The Kier molecular flexibility index (Phi) is 7.50. The summed E-state index contributed by atoms with van der Waals surface area (Å²) in [7, 11) is -4.00. The Labute approximate surface area is 201 Å². The van der Waals surface area contributed by atoms with E-state index in [4.69, 9.17) is 11.6 Å². The first kappa shape index (κ1) is 24.8. The van der Waals surface area contributed by atoms with Gasteiger partial charge in [0.2, 0.25) is 5.91 Å². The lowest BCUT2D eigenvalue weighted by atomic mass is 9.96. The average Bonchev–Trinajstić information content (AvgIpc) is 2.77. The average molecular weight is 485 g/mol. The Morgan fingerprint density at radius 2 is 1.58 bits per heavy atom. The van der Waals surface area contributed by atoms with E-state index in [0.717, 1.165) is 21.0 Å². The summed E-state index contributed by atoms with van der Waals surface area (Å²) >= 11 is 6.28. The molecule has 3 aromatic carbocycles. The summed E-state index contributed by atoms with van der Waals surface area (Å²) in [6.45, 7) is 9.36. The minimum atomic E-state index is -4.00. The Balaban J connectivity index is 1.95. The first-order valence-electron chi connectivity index (χ1n) is 10.7. The number of rotatable bonds is 7. The van der Waals surface area contributed by atoms with Crippen LogP contribution >= 0.6 is 11.6 Å². The number of nitrogens with zero attached hydrogens (tertiary/aromatic N) is 1. The Morgan fingerprint density at radius 3 is 2.24 bits per heavy atom. The molecule has 3 rings (SSSR count). The summed E-state index contributed by atoms with van der Waals surface area (Å²) in [4.78, 5) is 13.2. The molecule has 0 bridgehead atoms. The maximum Gasteiger partial charge on any atom is 0.264 e. The molecule has 1 unspecified atom stereocenters. The lowest BCUT2D eigenvalue weighted by molar-refractivity contribution is -0.120. The molecule has 1 atom stereocenters. The van der Waals surface area contributed by atoms with Crippen molar-refractivity contribution in [3.8, 4) is 0 Å². The molecule has 0 aliphatic heterocycles. The first-order valence-corrected chi connectivity index (χ1v) is 12.5. The van der Waals surface area contributed by atoms with Crippen LogP contribution in [0.1, 0.15) is 40.8 Å². The standard InChI is InChI=1S/C26H29ClN2O3S/c1-17-14-19(3)23(15-18(17)2)21(5)28-26(30)16-29(25-13-9-12-24(27)20(25)4)33(31,32)22-10-7-6-8-11-22/h6-15,21H,16H2,1-5H3,(H,28,30). The minimum absolute atomic E-state index is 0.107. The second kappa shape index (κ2) is 9.98. The molecule has 5 nitrogen and oxygen atoms in total. The summed E-state index contributed by atoms with van der Waals surface area (Å²) in [5.41, 5.74) is 5.36. The number of hydrogen-bond acceptors (Lipinski definition) is 3. The van der Waals surface area contributed by atoms with Crippen LogP contribution in [0.4, 0.5) is 5.69 Å². The molecule has 0 heterocycles. The predicted octanol–water partition coefficient (Wildman–Crippen LogP) is 5.65. The molecule has 0 saturated carbocycles. The van der Waals surface area contributed by atoms with Gasteiger partial charge in [0.05, 0.1) is 16.6 Å². The molecule has 0 aliphatic carbocycles. The van der Waals surface area contributed by atoms with E-state index < -0.39 is 15.9 Å². The lowest BCUT2D eigenvalue weighted by Gasteiger charge is -2.27. The van der Waals surface area contributed by atoms with Gasteiger partial charge in [0.1, 0.15) is 6.54 Å². The van der Waals surface area contributed by atoms with Gasteiger partial charge in [-0.1, -0.05) is 48.0 Å². The fourth-order valence-electron chi connectivity index (χ4n) is 3.83. The molecule has 0 aromatic heterocycles. The van der Waals surface area contributed by atoms with Gasteiger partial charge in [-0.3, -0.25) is 9.10 Å². The monoisotopic (exact) mass is 484 g/mol. The van der Waals surface area contributed by atoms with Crippen LogP contribution in [0.15, 0.2) is 65.6 Å². The van der Waals surface area contributed by atoms with Crippen LogP contribution in [0, 0.1) is 27.7 Å². The van der Waals surface area contributed by atoms with Crippen molar-refractivity contribution in [3.05, 3.63) is 93.5 Å². The zero-order valence-electron chi connectivity index (χ0n) is 19.5. The number of sulfonamides is 1. The van der Waals surface area contributed by atoms with Gasteiger partial charge in [0, 0.05) is 5.02 Å². The second-order valence-electron chi connectivity index (χ2n) is 8.29. The first-order chi connectivity index (χ1) is 15.5. The van der Waals surface area contributed by atoms with Crippen LogP contribution in [-0.2, 0) is 14.8 Å². The highest BCUT2D eigenvalue weighted by Gasteiger charge is 2.29. The van der Waals surface area contributed by atoms with Gasteiger partial charge >= 0.3 is 0 Å². The molecule has 0 saturated heterocycles. The number of aryl methyl sites for hydroxylation is 3. The van der Waals surface area contributed by atoms with E-state index in [9.17, 15) is 13.2 Å². The van der Waals surface area contributed by atoms with Gasteiger partial charge in [-0.2, -0.15) is 0 Å². The number of halogens is 1. The number of carbonyl (C=O) groups excluding carboxylic acids is 1. The van der Waals surface area contributed by atoms with Gasteiger partial charge in [-0.15, -0.1) is 0 Å². The van der Waals surface area contributed by atoms with Crippen LogP contribution in [0.2, 0.25) is 5.02 Å². The lowest BCUT2D eigenvalue weighted by Crippen LogP contribution is -2.42. The third-order valence-corrected chi connectivity index (χ3v) is 8.04. The van der Waals surface area contributed by atoms with Crippen molar-refractivity contribution in [1.82, 2.24) is 5.32 Å². The third kappa shape index (κ3) is 5.40. The smallest absolute Gasteiger partial charge is 0.264 e. The largest absolute Gasteiger partial charge is 0.348 e. The van der Waals surface area contributed by atoms with E-state index in [2.05, 4.69) is 24.4 Å². The molecule has 1 N–H and O–H groups in total. The molecule has 33 heavy (non-hydrogen) atoms. The van der Waals surface area contributed by atoms with Crippen molar-refractivity contribution in [2.24, 2.45) is 0 Å². The van der Waals surface area contributed by atoms with E-state index in [1.54, 1.807) is 43.3 Å². The highest BCUT2D eigenvalue weighted by molar-refractivity contribution is 7.92. The highest BCUT2D eigenvalue weighted by Crippen LogP contribution is 2.31. The van der Waals surface area contributed by atoms with Gasteiger partial charge in [0.25, 0.3) is 10.0 Å². The van der Waals surface area contributed by atoms with Gasteiger partial charge in [-0.25, -0.2) is 8.42 Å². The Hall–Kier alpha value is -2.83. The van der Waals surface area contributed by atoms with Crippen molar-refractivity contribution >= 4 is 33.2 Å². The molecule has 3 aromatic rings. The normalized spacial score (nSPS) is 12.3. The van der Waals surface area contributed by atoms with E-state index >= 15 is 0 Å². The van der Waals surface area contributed by atoms with Gasteiger partial charge in [-0.05, 0) is 86.7 Å². The predicted molar refractivity (Wildman–Crippen MR) is 134 cm³/mol. The summed E-state index contributed by atoms with van der Waals surface area (Å²) in [6, 6.07) is 17.0. The van der Waals surface area contributed by atoms with Crippen LogP contribution in [-0.4, -0.2) is 20.9 Å². The van der Waals surface area contributed by atoms with Crippen molar-refractivity contribution in [2.45, 2.75) is 45.6 Å². The van der Waals surface area contributed by atoms with Crippen molar-refractivity contribution < 1.29 is 13.2 Å². The maximum absolute atomic E-state index is 13.5. The minimum Gasteiger partial charge on any atom is -0.348 e. The molecule has 0 radical (unpaired) electrons. The molecule has 0 fully saturated rings. The van der Waals surface area contributed by atoms with Crippen LogP contribution in [0.3, 0.4) is 0 Å². The maximum atomic E-state index is 13.5. The number of amides is 1. The van der Waals surface area contributed by atoms with Crippen molar-refractivity contribution in [3.63, 3.8) is 0 Å². The fraction of sp³-hybridized carbons (Fsp3) is 0.269. The van der Waals surface area contributed by atoms with Crippen LogP contribution in [0.25, 0.3) is 0 Å². The second-order valence-corrected chi connectivity index (χ2v) is 10.6. The fourth-order valence-corrected chi connectivity index (χ4v) is 5.50. The molecule has 0 aliphatic rings. The van der Waals surface area contributed by atoms with E-state index in [1.807, 2.05) is 20.8 Å². The molecular weight excluding hydrogens is 456 g/mol. The Morgan fingerprint density at radius 1 is 0.939 bits per heavy atom. The molecule has 1 amide bonds. The SMILES string of the molecule is Cc1cc(C)c(C(C)NC(=O)CN(c2cccc(Cl)c2C)S(=O)(=O)c2ccccc2)cc1C. The van der Waals surface area contributed by atoms with Crippen molar-refractivity contribution in [1.29, 1.82) is 0 Å². The summed E-state index contributed by atoms with van der Waals surface area (Å²) < 4.78 is 28.2. The Bertz CT molecular complexity index is 1270. The third-order valence-electron chi connectivity index (χ3n) is 5.85. The van der Waals surface area contributed by atoms with E-state index in [1.165, 1.54) is 17.7 Å². The number of carbonyl (C=O) groups is 1. The van der Waals surface area contributed by atoms with Gasteiger partial charge < -0.3 is 5.32 Å². The topological polar surface area (TPSA) is 66.5 Å². The molecular formula is C26H29ClN2O3S. The quantitative estimate of drug-likeness (QED) is 0.471. The molecule has 174 valence electrons. The number of nitrogens with one attached hydrogen (secondary N) is 1. The molecule has 0 spiro atoms. The highest BCUT2D eigenvalue weighted by atomic mass is 35.5.